The van der Waals surface area contributed by atoms with Gasteiger partial charge in [-0.05, 0) is 47.6 Å². The molecular formula is C18H25N3. The lowest BCUT2D eigenvalue weighted by Crippen LogP contribution is -2.10. The van der Waals surface area contributed by atoms with Crippen LogP contribution >= 0.6 is 0 Å². The van der Waals surface area contributed by atoms with E-state index < -0.39 is 0 Å². The van der Waals surface area contributed by atoms with Crippen LogP contribution in [0.25, 0.3) is 11.1 Å². The Labute approximate surface area is 127 Å². The fourth-order valence-electron chi connectivity index (χ4n) is 2.63. The van der Waals surface area contributed by atoms with Crippen molar-refractivity contribution in [3.8, 4) is 11.1 Å². The van der Waals surface area contributed by atoms with Gasteiger partial charge in [0.15, 0.2) is 0 Å². The van der Waals surface area contributed by atoms with Gasteiger partial charge in [-0.1, -0.05) is 38.1 Å². The van der Waals surface area contributed by atoms with E-state index >= 15 is 0 Å². The topological polar surface area (TPSA) is 64.9 Å². The van der Waals surface area contributed by atoms with Crippen LogP contribution in [0.5, 0.6) is 0 Å². The van der Waals surface area contributed by atoms with Crippen molar-refractivity contribution < 1.29 is 0 Å². The van der Waals surface area contributed by atoms with Crippen molar-refractivity contribution in [1.29, 1.82) is 0 Å². The Kier molecular flexibility index (Phi) is 5.10. The first-order valence-corrected chi connectivity index (χ1v) is 7.54. The van der Waals surface area contributed by atoms with E-state index in [0.29, 0.717) is 19.0 Å². The lowest BCUT2D eigenvalue weighted by Gasteiger charge is -2.16. The molecule has 1 aromatic heterocycles. The highest BCUT2D eigenvalue weighted by atomic mass is 14.7. The molecule has 0 aliphatic carbocycles. The summed E-state index contributed by atoms with van der Waals surface area (Å²) < 4.78 is 0. The first kappa shape index (κ1) is 15.7. The quantitative estimate of drug-likeness (QED) is 0.885. The van der Waals surface area contributed by atoms with Gasteiger partial charge >= 0.3 is 0 Å². The van der Waals surface area contributed by atoms with Gasteiger partial charge in [0.05, 0.1) is 0 Å². The van der Waals surface area contributed by atoms with Crippen molar-refractivity contribution in [3.63, 3.8) is 0 Å². The number of aryl methyl sites for hydroxylation is 1. The zero-order valence-corrected chi connectivity index (χ0v) is 13.2. The van der Waals surface area contributed by atoms with Crippen molar-refractivity contribution >= 4 is 0 Å². The molecule has 0 aliphatic heterocycles. The van der Waals surface area contributed by atoms with Gasteiger partial charge in [0.25, 0.3) is 0 Å². The highest BCUT2D eigenvalue weighted by molar-refractivity contribution is 5.69. The minimum Gasteiger partial charge on any atom is -0.326 e. The van der Waals surface area contributed by atoms with Crippen molar-refractivity contribution in [2.24, 2.45) is 17.4 Å². The van der Waals surface area contributed by atoms with Gasteiger partial charge in [-0.25, -0.2) is 0 Å². The summed E-state index contributed by atoms with van der Waals surface area (Å²) in [6, 6.07) is 10.5. The zero-order valence-electron chi connectivity index (χ0n) is 13.2. The van der Waals surface area contributed by atoms with Crippen LogP contribution < -0.4 is 11.5 Å². The number of benzene rings is 1. The molecule has 21 heavy (non-hydrogen) atoms. The average Bonchev–Trinajstić information content (AvgIpc) is 2.46. The summed E-state index contributed by atoms with van der Waals surface area (Å²) in [6.07, 6.45) is 0.960. The monoisotopic (exact) mass is 283 g/mol. The molecule has 3 nitrogen and oxygen atoms in total. The van der Waals surface area contributed by atoms with Crippen LogP contribution in [-0.4, -0.2) is 4.98 Å². The van der Waals surface area contributed by atoms with E-state index in [9.17, 15) is 0 Å². The standard InChI is InChI=1S/C18H25N3/c1-12(2)8-18-17(11-20)16(9-13(3)21-18)15-6-4-14(10-19)5-7-15/h4-7,9,12H,8,10-11,19-20H2,1-3H3. The normalized spacial score (nSPS) is 11.1. The summed E-state index contributed by atoms with van der Waals surface area (Å²) in [4.78, 5) is 4.70. The Morgan fingerprint density at radius 2 is 1.71 bits per heavy atom. The van der Waals surface area contributed by atoms with Crippen molar-refractivity contribution in [3.05, 3.63) is 52.8 Å². The molecule has 0 bridgehead atoms. The molecule has 1 heterocycles. The van der Waals surface area contributed by atoms with E-state index in [-0.39, 0.29) is 0 Å². The van der Waals surface area contributed by atoms with E-state index in [2.05, 4.69) is 44.2 Å². The zero-order chi connectivity index (χ0) is 15.4. The number of pyridine rings is 1. The van der Waals surface area contributed by atoms with E-state index in [4.69, 9.17) is 16.5 Å². The van der Waals surface area contributed by atoms with Gasteiger partial charge in [-0.15, -0.1) is 0 Å². The lowest BCUT2D eigenvalue weighted by molar-refractivity contribution is 0.628. The minimum absolute atomic E-state index is 0.517. The van der Waals surface area contributed by atoms with Crippen LogP contribution in [0.4, 0.5) is 0 Å². The summed E-state index contributed by atoms with van der Waals surface area (Å²) in [5, 5.41) is 0. The van der Waals surface area contributed by atoms with Crippen LogP contribution in [0.2, 0.25) is 0 Å². The maximum absolute atomic E-state index is 6.01. The molecule has 0 atom stereocenters. The molecule has 1 aromatic carbocycles. The minimum atomic E-state index is 0.517. The van der Waals surface area contributed by atoms with Gasteiger partial charge in [0.2, 0.25) is 0 Å². The number of hydrogen-bond donors (Lipinski definition) is 2. The third-order valence-corrected chi connectivity index (χ3v) is 3.64. The molecule has 0 radical (unpaired) electrons. The van der Waals surface area contributed by atoms with E-state index in [1.807, 2.05) is 6.92 Å². The van der Waals surface area contributed by atoms with E-state index in [1.54, 1.807) is 0 Å². The second-order valence-electron chi connectivity index (χ2n) is 5.94. The summed E-state index contributed by atoms with van der Waals surface area (Å²) in [6.45, 7) is 7.54. The first-order chi connectivity index (χ1) is 10.0. The average molecular weight is 283 g/mol. The molecule has 3 heteroatoms. The largest absolute Gasteiger partial charge is 0.326 e. The number of nitrogens with zero attached hydrogens (tertiary/aromatic N) is 1. The number of rotatable bonds is 5. The summed E-state index contributed by atoms with van der Waals surface area (Å²) in [5.41, 5.74) is 18.5. The summed E-state index contributed by atoms with van der Waals surface area (Å²) >= 11 is 0. The smallest absolute Gasteiger partial charge is 0.0460 e. The predicted octanol–water partition coefficient (Wildman–Crippen LogP) is 3.17. The van der Waals surface area contributed by atoms with Gasteiger partial charge < -0.3 is 11.5 Å². The second kappa shape index (κ2) is 6.83. The van der Waals surface area contributed by atoms with Gasteiger partial charge in [-0.3, -0.25) is 4.98 Å². The van der Waals surface area contributed by atoms with E-state index in [1.165, 1.54) is 11.1 Å². The summed E-state index contributed by atoms with van der Waals surface area (Å²) in [5.74, 6) is 0.567. The van der Waals surface area contributed by atoms with Crippen LogP contribution in [0.15, 0.2) is 30.3 Å². The highest BCUT2D eigenvalue weighted by Crippen LogP contribution is 2.28. The molecule has 0 unspecified atom stereocenters. The fraction of sp³-hybridized carbons (Fsp3) is 0.389. The van der Waals surface area contributed by atoms with E-state index in [0.717, 1.165) is 28.9 Å². The Balaban J connectivity index is 2.52. The predicted molar refractivity (Wildman–Crippen MR) is 88.7 cm³/mol. The highest BCUT2D eigenvalue weighted by Gasteiger charge is 2.13. The number of hydrogen-bond acceptors (Lipinski definition) is 3. The SMILES string of the molecule is Cc1cc(-c2ccc(CN)cc2)c(CN)c(CC(C)C)n1. The number of aromatic nitrogens is 1. The Hall–Kier alpha value is -1.71. The van der Waals surface area contributed by atoms with Crippen LogP contribution in [0.3, 0.4) is 0 Å². The van der Waals surface area contributed by atoms with Crippen LogP contribution in [0.1, 0.15) is 36.4 Å². The van der Waals surface area contributed by atoms with Crippen molar-refractivity contribution in [2.75, 3.05) is 0 Å². The van der Waals surface area contributed by atoms with Crippen LogP contribution in [0, 0.1) is 12.8 Å². The summed E-state index contributed by atoms with van der Waals surface area (Å²) in [7, 11) is 0. The maximum atomic E-state index is 6.01. The molecular weight excluding hydrogens is 258 g/mol. The molecule has 2 aromatic rings. The maximum Gasteiger partial charge on any atom is 0.0460 e. The van der Waals surface area contributed by atoms with Crippen LogP contribution in [-0.2, 0) is 19.5 Å². The molecule has 0 aliphatic rings. The third kappa shape index (κ3) is 3.69. The van der Waals surface area contributed by atoms with Crippen molar-refractivity contribution in [1.82, 2.24) is 4.98 Å². The third-order valence-electron chi connectivity index (χ3n) is 3.64. The fourth-order valence-corrected chi connectivity index (χ4v) is 2.63. The van der Waals surface area contributed by atoms with Crippen molar-refractivity contribution in [2.45, 2.75) is 40.3 Å². The molecule has 0 saturated heterocycles. The Bertz CT molecular complexity index is 601. The molecule has 2 rings (SSSR count). The first-order valence-electron chi connectivity index (χ1n) is 7.54. The second-order valence-corrected chi connectivity index (χ2v) is 5.94. The molecule has 112 valence electrons. The number of nitrogens with two attached hydrogens (primary N) is 2. The Morgan fingerprint density at radius 1 is 1.05 bits per heavy atom. The Morgan fingerprint density at radius 3 is 2.24 bits per heavy atom. The van der Waals surface area contributed by atoms with Gasteiger partial charge in [0.1, 0.15) is 0 Å². The van der Waals surface area contributed by atoms with Gasteiger partial charge in [0, 0.05) is 24.5 Å². The lowest BCUT2D eigenvalue weighted by atomic mass is 9.94. The molecule has 0 saturated carbocycles. The molecule has 0 spiro atoms. The van der Waals surface area contributed by atoms with Gasteiger partial charge in [-0.2, -0.15) is 0 Å². The molecule has 4 N–H and O–H groups in total. The molecule has 0 fully saturated rings. The molecule has 0 amide bonds.